The number of hydrogen-bond donors (Lipinski definition) is 0. The topological polar surface area (TPSA) is 61.4 Å². The van der Waals surface area contributed by atoms with Crippen LogP contribution in [0.5, 0.6) is 0 Å². The van der Waals surface area contributed by atoms with E-state index in [-0.39, 0.29) is 0 Å². The summed E-state index contributed by atoms with van der Waals surface area (Å²) in [5.41, 5.74) is 0.942. The van der Waals surface area contributed by atoms with Gasteiger partial charge in [0.15, 0.2) is 5.82 Å². The smallest absolute Gasteiger partial charge is 0.178 e. The summed E-state index contributed by atoms with van der Waals surface area (Å²) >= 11 is 12.0. The minimum Gasteiger partial charge on any atom is -0.266 e. The molecule has 2 heterocycles. The molecular formula is C11H8Cl2N6. The average Bonchev–Trinajstić information content (AvgIpc) is 3.03. The molecule has 0 fully saturated rings. The molecule has 8 heteroatoms. The molecule has 3 rings (SSSR count). The number of hydrogen-bond acceptors (Lipinski definition) is 4. The largest absolute Gasteiger partial charge is 0.266 e. The minimum atomic E-state index is 0.554. The van der Waals surface area contributed by atoms with Crippen molar-refractivity contribution in [2.45, 2.75) is 6.54 Å². The van der Waals surface area contributed by atoms with Crippen LogP contribution in [-0.4, -0.2) is 30.0 Å². The molecule has 2 aromatic heterocycles. The number of halogens is 2. The van der Waals surface area contributed by atoms with Gasteiger partial charge in [0.05, 0.1) is 6.54 Å². The number of tetrazole rings is 1. The minimum absolute atomic E-state index is 0.554. The van der Waals surface area contributed by atoms with E-state index in [0.717, 1.165) is 5.56 Å². The zero-order chi connectivity index (χ0) is 13.2. The first-order chi connectivity index (χ1) is 9.22. The lowest BCUT2D eigenvalue weighted by Crippen LogP contribution is -2.03. The Morgan fingerprint density at radius 2 is 2.05 bits per heavy atom. The summed E-state index contributed by atoms with van der Waals surface area (Å²) in [7, 11) is 0. The van der Waals surface area contributed by atoms with Crippen molar-refractivity contribution in [2.24, 2.45) is 0 Å². The van der Waals surface area contributed by atoms with Gasteiger partial charge in [-0.2, -0.15) is 9.78 Å². The van der Waals surface area contributed by atoms with E-state index in [9.17, 15) is 0 Å². The molecule has 6 nitrogen and oxygen atoms in total. The van der Waals surface area contributed by atoms with Crippen molar-refractivity contribution in [2.75, 3.05) is 0 Å². The van der Waals surface area contributed by atoms with Crippen molar-refractivity contribution in [3.05, 3.63) is 52.4 Å². The lowest BCUT2D eigenvalue weighted by molar-refractivity contribution is 0.663. The van der Waals surface area contributed by atoms with Crippen LogP contribution in [-0.2, 0) is 6.54 Å². The second-order valence-electron chi connectivity index (χ2n) is 3.86. The molecule has 0 spiro atoms. The van der Waals surface area contributed by atoms with E-state index in [1.165, 1.54) is 11.0 Å². The Kier molecular flexibility index (Phi) is 3.18. The van der Waals surface area contributed by atoms with Crippen LogP contribution in [0, 0.1) is 0 Å². The van der Waals surface area contributed by atoms with E-state index in [1.54, 1.807) is 16.8 Å². The average molecular weight is 295 g/mol. The molecule has 0 bridgehead atoms. The van der Waals surface area contributed by atoms with Crippen molar-refractivity contribution in [1.29, 1.82) is 0 Å². The fourth-order valence-corrected chi connectivity index (χ4v) is 2.12. The molecule has 0 aliphatic heterocycles. The van der Waals surface area contributed by atoms with Crippen LogP contribution in [0.2, 0.25) is 10.0 Å². The molecule has 0 aliphatic carbocycles. The summed E-state index contributed by atoms with van der Waals surface area (Å²) in [6, 6.07) is 7.21. The highest BCUT2D eigenvalue weighted by Crippen LogP contribution is 2.21. The normalized spacial score (nSPS) is 10.8. The monoisotopic (exact) mass is 294 g/mol. The Morgan fingerprint density at radius 1 is 1.16 bits per heavy atom. The number of aromatic nitrogens is 6. The highest BCUT2D eigenvalue weighted by atomic mass is 35.5. The molecule has 19 heavy (non-hydrogen) atoms. The zero-order valence-corrected chi connectivity index (χ0v) is 11.1. The van der Waals surface area contributed by atoms with Crippen molar-refractivity contribution in [3.63, 3.8) is 0 Å². The second kappa shape index (κ2) is 4.99. The zero-order valence-electron chi connectivity index (χ0n) is 9.61. The van der Waals surface area contributed by atoms with Crippen molar-refractivity contribution < 1.29 is 0 Å². The molecule has 96 valence electrons. The van der Waals surface area contributed by atoms with Gasteiger partial charge in [-0.05, 0) is 28.1 Å². The summed E-state index contributed by atoms with van der Waals surface area (Å²) in [6.45, 7) is 0.554. The van der Waals surface area contributed by atoms with Gasteiger partial charge in [0.1, 0.15) is 6.33 Å². The first-order valence-electron chi connectivity index (χ1n) is 5.43. The highest BCUT2D eigenvalue weighted by molar-refractivity contribution is 6.35. The van der Waals surface area contributed by atoms with E-state index < -0.39 is 0 Å². The molecule has 0 saturated carbocycles. The van der Waals surface area contributed by atoms with Gasteiger partial charge < -0.3 is 0 Å². The summed E-state index contributed by atoms with van der Waals surface area (Å²) < 4.78 is 3.24. The van der Waals surface area contributed by atoms with Crippen LogP contribution >= 0.6 is 23.2 Å². The van der Waals surface area contributed by atoms with Gasteiger partial charge in [-0.1, -0.05) is 29.3 Å². The lowest BCUT2D eigenvalue weighted by Gasteiger charge is -2.04. The van der Waals surface area contributed by atoms with Gasteiger partial charge in [-0.3, -0.25) is 4.68 Å². The van der Waals surface area contributed by atoms with Gasteiger partial charge in [-0.25, -0.2) is 0 Å². The van der Waals surface area contributed by atoms with Crippen LogP contribution in [0.1, 0.15) is 5.56 Å². The van der Waals surface area contributed by atoms with E-state index in [4.69, 9.17) is 23.2 Å². The van der Waals surface area contributed by atoms with Crippen LogP contribution in [0.4, 0.5) is 0 Å². The molecule has 0 amide bonds. The second-order valence-corrected chi connectivity index (χ2v) is 4.71. The predicted molar refractivity (Wildman–Crippen MR) is 70.5 cm³/mol. The maximum Gasteiger partial charge on any atom is 0.178 e. The van der Waals surface area contributed by atoms with E-state index in [0.29, 0.717) is 22.4 Å². The molecule has 0 N–H and O–H groups in total. The van der Waals surface area contributed by atoms with Crippen LogP contribution < -0.4 is 0 Å². The summed E-state index contributed by atoms with van der Waals surface area (Å²) in [5.74, 6) is 0.648. The van der Waals surface area contributed by atoms with E-state index in [2.05, 4.69) is 20.6 Å². The maximum absolute atomic E-state index is 6.12. The summed E-state index contributed by atoms with van der Waals surface area (Å²) in [6.07, 6.45) is 3.32. The van der Waals surface area contributed by atoms with E-state index >= 15 is 0 Å². The molecule has 1 aromatic carbocycles. The van der Waals surface area contributed by atoms with Crippen molar-refractivity contribution >= 4 is 23.2 Å². The molecule has 0 unspecified atom stereocenters. The standard InChI is InChI=1S/C11H8Cl2N6/c12-9-2-1-8(10(13)5-9)6-18-4-3-11(15-18)19-7-14-16-17-19/h1-5,7H,6H2. The quantitative estimate of drug-likeness (QED) is 0.743. The molecule has 0 saturated heterocycles. The molecule has 0 radical (unpaired) electrons. The van der Waals surface area contributed by atoms with Crippen LogP contribution in [0.3, 0.4) is 0 Å². The number of benzene rings is 1. The Hall–Kier alpha value is -1.92. The predicted octanol–water partition coefficient (Wildman–Crippen LogP) is 2.21. The molecule has 3 aromatic rings. The third kappa shape index (κ3) is 2.59. The summed E-state index contributed by atoms with van der Waals surface area (Å²) in [4.78, 5) is 0. The third-order valence-corrected chi connectivity index (χ3v) is 3.14. The van der Waals surface area contributed by atoms with Gasteiger partial charge in [-0.15, -0.1) is 5.10 Å². The third-order valence-electron chi connectivity index (χ3n) is 2.56. The van der Waals surface area contributed by atoms with Crippen molar-refractivity contribution in [3.8, 4) is 5.82 Å². The lowest BCUT2D eigenvalue weighted by atomic mass is 10.2. The first-order valence-corrected chi connectivity index (χ1v) is 6.19. The first kappa shape index (κ1) is 12.1. The molecule has 0 aliphatic rings. The van der Waals surface area contributed by atoms with Gasteiger partial charge in [0, 0.05) is 22.3 Å². The van der Waals surface area contributed by atoms with Gasteiger partial charge >= 0.3 is 0 Å². The van der Waals surface area contributed by atoms with E-state index in [1.807, 2.05) is 18.3 Å². The van der Waals surface area contributed by atoms with Gasteiger partial charge in [0.2, 0.25) is 0 Å². The fourth-order valence-electron chi connectivity index (χ4n) is 1.65. The van der Waals surface area contributed by atoms with Crippen molar-refractivity contribution in [1.82, 2.24) is 30.0 Å². The Labute approximate surface area is 118 Å². The summed E-state index contributed by atoms with van der Waals surface area (Å²) in [5, 5.41) is 16.5. The fraction of sp³-hybridized carbons (Fsp3) is 0.0909. The van der Waals surface area contributed by atoms with Gasteiger partial charge in [0.25, 0.3) is 0 Å². The molecule has 0 atom stereocenters. The number of rotatable bonds is 3. The Balaban J connectivity index is 1.84. The Morgan fingerprint density at radius 3 is 2.79 bits per heavy atom. The number of nitrogens with zero attached hydrogens (tertiary/aromatic N) is 6. The Bertz CT molecular complexity index is 691. The van der Waals surface area contributed by atoms with Crippen LogP contribution in [0.25, 0.3) is 5.82 Å². The maximum atomic E-state index is 6.12. The molecular weight excluding hydrogens is 287 g/mol. The van der Waals surface area contributed by atoms with Crippen LogP contribution in [0.15, 0.2) is 36.8 Å². The SMILES string of the molecule is Clc1ccc(Cn2ccc(-n3cnnn3)n2)c(Cl)c1. The highest BCUT2D eigenvalue weighted by Gasteiger charge is 2.06.